The van der Waals surface area contributed by atoms with Crippen molar-refractivity contribution in [1.29, 1.82) is 0 Å². The molecule has 3 rings (SSSR count). The highest BCUT2D eigenvalue weighted by Gasteiger charge is 2.19. The first-order chi connectivity index (χ1) is 9.79. The van der Waals surface area contributed by atoms with Gasteiger partial charge in [-0.2, -0.15) is 0 Å². The monoisotopic (exact) mass is 323 g/mol. The molecular weight excluding hydrogens is 305 g/mol. The molecule has 0 unspecified atom stereocenters. The summed E-state index contributed by atoms with van der Waals surface area (Å²) in [6, 6.07) is 16.7. The van der Waals surface area contributed by atoms with Crippen LogP contribution in [0.4, 0.5) is 0 Å². The lowest BCUT2D eigenvalue weighted by molar-refractivity contribution is 0.306. The molecule has 2 aromatic rings. The van der Waals surface area contributed by atoms with Gasteiger partial charge in [-0.25, -0.2) is 0 Å². The summed E-state index contributed by atoms with van der Waals surface area (Å²) in [6.45, 7) is 1.49. The molecule has 0 aliphatic heterocycles. The Morgan fingerprint density at radius 3 is 2.52 bits per heavy atom. The summed E-state index contributed by atoms with van der Waals surface area (Å²) < 4.78 is 5.82. The van der Waals surface area contributed by atoms with Crippen molar-refractivity contribution < 1.29 is 4.74 Å². The van der Waals surface area contributed by atoms with Crippen LogP contribution in [-0.4, -0.2) is 6.04 Å². The minimum absolute atomic E-state index is 0. The van der Waals surface area contributed by atoms with Crippen LogP contribution in [0.2, 0.25) is 5.02 Å². The van der Waals surface area contributed by atoms with Crippen molar-refractivity contribution in [2.45, 2.75) is 32.0 Å². The highest BCUT2D eigenvalue weighted by Crippen LogP contribution is 2.20. The molecule has 4 heteroatoms. The molecule has 112 valence electrons. The van der Waals surface area contributed by atoms with E-state index >= 15 is 0 Å². The molecule has 0 heterocycles. The standard InChI is InChI=1S/C17H18ClNO.ClH/c18-15-6-4-13(5-7-15)12-20-17-3-1-2-14(10-17)11-19-16-8-9-16;/h1-7,10,16,19H,8-9,11-12H2;1H. The van der Waals surface area contributed by atoms with E-state index in [2.05, 4.69) is 17.4 Å². The van der Waals surface area contributed by atoms with Gasteiger partial charge in [-0.1, -0.05) is 35.9 Å². The van der Waals surface area contributed by atoms with Crippen molar-refractivity contribution in [3.8, 4) is 5.75 Å². The minimum Gasteiger partial charge on any atom is -0.489 e. The van der Waals surface area contributed by atoms with Crippen LogP contribution in [0.5, 0.6) is 5.75 Å². The van der Waals surface area contributed by atoms with Crippen molar-refractivity contribution in [3.63, 3.8) is 0 Å². The number of halogens is 2. The van der Waals surface area contributed by atoms with Crippen molar-refractivity contribution in [3.05, 3.63) is 64.7 Å². The molecular formula is C17H19Cl2NO. The van der Waals surface area contributed by atoms with Gasteiger partial charge in [0.15, 0.2) is 0 Å². The summed E-state index contributed by atoms with van der Waals surface area (Å²) in [5.74, 6) is 0.912. The predicted octanol–water partition coefficient (Wildman–Crippen LogP) is 4.59. The molecule has 2 aromatic carbocycles. The topological polar surface area (TPSA) is 21.3 Å². The molecule has 2 nitrogen and oxygen atoms in total. The Balaban J connectivity index is 0.00000161. The first kappa shape index (κ1) is 16.2. The van der Waals surface area contributed by atoms with E-state index in [0.717, 1.165) is 28.9 Å². The highest BCUT2D eigenvalue weighted by atomic mass is 35.5. The Morgan fingerprint density at radius 1 is 1.05 bits per heavy atom. The van der Waals surface area contributed by atoms with Crippen LogP contribution < -0.4 is 10.1 Å². The Kier molecular flexibility index (Phi) is 5.92. The van der Waals surface area contributed by atoms with E-state index in [1.807, 2.05) is 36.4 Å². The summed E-state index contributed by atoms with van der Waals surface area (Å²) >= 11 is 5.87. The fraction of sp³-hybridized carbons (Fsp3) is 0.294. The zero-order chi connectivity index (χ0) is 13.8. The molecule has 0 bridgehead atoms. The largest absolute Gasteiger partial charge is 0.489 e. The molecule has 0 amide bonds. The average molecular weight is 324 g/mol. The van der Waals surface area contributed by atoms with Crippen molar-refractivity contribution in [2.75, 3.05) is 0 Å². The van der Waals surface area contributed by atoms with E-state index in [4.69, 9.17) is 16.3 Å². The quantitative estimate of drug-likeness (QED) is 0.839. The van der Waals surface area contributed by atoms with E-state index in [1.54, 1.807) is 0 Å². The van der Waals surface area contributed by atoms with Crippen molar-refractivity contribution in [2.24, 2.45) is 0 Å². The summed E-state index contributed by atoms with van der Waals surface area (Å²) in [5.41, 5.74) is 2.39. The van der Waals surface area contributed by atoms with E-state index in [9.17, 15) is 0 Å². The summed E-state index contributed by atoms with van der Waals surface area (Å²) in [4.78, 5) is 0. The summed E-state index contributed by atoms with van der Waals surface area (Å²) in [6.07, 6.45) is 2.62. The number of ether oxygens (including phenoxy) is 1. The molecule has 0 aromatic heterocycles. The maximum absolute atomic E-state index is 5.87. The van der Waals surface area contributed by atoms with Crippen LogP contribution in [-0.2, 0) is 13.2 Å². The molecule has 1 saturated carbocycles. The Labute approximate surface area is 136 Å². The van der Waals surface area contributed by atoms with Gasteiger partial charge in [-0.3, -0.25) is 0 Å². The first-order valence-corrected chi connectivity index (χ1v) is 7.37. The van der Waals surface area contributed by atoms with Crippen LogP contribution in [0.1, 0.15) is 24.0 Å². The summed E-state index contributed by atoms with van der Waals surface area (Å²) in [7, 11) is 0. The zero-order valence-corrected chi connectivity index (χ0v) is 13.3. The zero-order valence-electron chi connectivity index (χ0n) is 11.7. The molecule has 0 atom stereocenters. The normalized spacial score (nSPS) is 13.6. The number of benzene rings is 2. The van der Waals surface area contributed by atoms with Gasteiger partial charge in [0.2, 0.25) is 0 Å². The van der Waals surface area contributed by atoms with Gasteiger partial charge in [0, 0.05) is 17.6 Å². The average Bonchev–Trinajstić information content (AvgIpc) is 3.29. The molecule has 1 N–H and O–H groups in total. The van der Waals surface area contributed by atoms with E-state index in [0.29, 0.717) is 6.61 Å². The van der Waals surface area contributed by atoms with Crippen molar-refractivity contribution >= 4 is 24.0 Å². The lowest BCUT2D eigenvalue weighted by Crippen LogP contribution is -2.15. The molecule has 0 spiro atoms. The SMILES string of the molecule is Cl.Clc1ccc(COc2cccc(CNC3CC3)c2)cc1. The van der Waals surface area contributed by atoms with Gasteiger partial charge in [-0.15, -0.1) is 12.4 Å². The van der Waals surface area contributed by atoms with Gasteiger partial charge in [-0.05, 0) is 48.2 Å². The molecule has 1 fully saturated rings. The Hall–Kier alpha value is -1.22. The Bertz CT molecular complexity index is 567. The lowest BCUT2D eigenvalue weighted by atomic mass is 10.2. The molecule has 21 heavy (non-hydrogen) atoms. The third kappa shape index (κ3) is 5.24. The number of hydrogen-bond donors (Lipinski definition) is 1. The van der Waals surface area contributed by atoms with Crippen LogP contribution in [0.3, 0.4) is 0 Å². The van der Waals surface area contributed by atoms with Gasteiger partial charge in [0.05, 0.1) is 0 Å². The van der Waals surface area contributed by atoms with Gasteiger partial charge < -0.3 is 10.1 Å². The maximum Gasteiger partial charge on any atom is 0.120 e. The number of rotatable bonds is 6. The first-order valence-electron chi connectivity index (χ1n) is 6.99. The fourth-order valence-corrected chi connectivity index (χ4v) is 2.17. The fourth-order valence-electron chi connectivity index (χ4n) is 2.04. The van der Waals surface area contributed by atoms with E-state index in [-0.39, 0.29) is 12.4 Å². The summed E-state index contributed by atoms with van der Waals surface area (Å²) in [5, 5.41) is 4.26. The van der Waals surface area contributed by atoms with Crippen LogP contribution in [0.25, 0.3) is 0 Å². The van der Waals surface area contributed by atoms with E-state index < -0.39 is 0 Å². The van der Waals surface area contributed by atoms with Crippen LogP contribution >= 0.6 is 24.0 Å². The smallest absolute Gasteiger partial charge is 0.120 e. The van der Waals surface area contributed by atoms with Crippen LogP contribution in [0, 0.1) is 0 Å². The third-order valence-corrected chi connectivity index (χ3v) is 3.64. The van der Waals surface area contributed by atoms with Gasteiger partial charge in [0.25, 0.3) is 0 Å². The molecule has 0 radical (unpaired) electrons. The number of nitrogens with one attached hydrogen (secondary N) is 1. The minimum atomic E-state index is 0. The number of hydrogen-bond acceptors (Lipinski definition) is 2. The second-order valence-corrected chi connectivity index (χ2v) is 5.65. The predicted molar refractivity (Wildman–Crippen MR) is 89.3 cm³/mol. The molecule has 0 saturated heterocycles. The lowest BCUT2D eigenvalue weighted by Gasteiger charge is -2.09. The highest BCUT2D eigenvalue weighted by molar-refractivity contribution is 6.30. The van der Waals surface area contributed by atoms with Gasteiger partial charge in [0.1, 0.15) is 12.4 Å². The second kappa shape index (κ2) is 7.69. The van der Waals surface area contributed by atoms with Gasteiger partial charge >= 0.3 is 0 Å². The van der Waals surface area contributed by atoms with Crippen molar-refractivity contribution in [1.82, 2.24) is 5.32 Å². The Morgan fingerprint density at radius 2 is 1.81 bits per heavy atom. The molecule has 1 aliphatic carbocycles. The van der Waals surface area contributed by atoms with E-state index in [1.165, 1.54) is 18.4 Å². The third-order valence-electron chi connectivity index (χ3n) is 3.39. The second-order valence-electron chi connectivity index (χ2n) is 5.22. The molecule has 1 aliphatic rings. The van der Waals surface area contributed by atoms with Crippen LogP contribution in [0.15, 0.2) is 48.5 Å². The maximum atomic E-state index is 5.87.